The van der Waals surface area contributed by atoms with Crippen LogP contribution in [0.2, 0.25) is 0 Å². The first kappa shape index (κ1) is 11.9. The van der Waals surface area contributed by atoms with E-state index in [1.165, 1.54) is 0 Å². The van der Waals surface area contributed by atoms with Gasteiger partial charge in [-0.3, -0.25) is 4.79 Å². The first-order chi connectivity index (χ1) is 6.22. The minimum Gasteiger partial charge on any atom is -0.343 e. The van der Waals surface area contributed by atoms with Gasteiger partial charge in [-0.25, -0.2) is 0 Å². The maximum absolute atomic E-state index is 11.1. The topological polar surface area (TPSA) is 20.3 Å². The van der Waals surface area contributed by atoms with Crippen molar-refractivity contribution >= 4 is 5.91 Å². The molecular formula is C11H19NO. The van der Waals surface area contributed by atoms with Crippen LogP contribution in [0.4, 0.5) is 0 Å². The maximum Gasteiger partial charge on any atom is 0.219 e. The number of amides is 1. The smallest absolute Gasteiger partial charge is 0.219 e. The second kappa shape index (κ2) is 7.59. The molecule has 0 aliphatic carbocycles. The lowest BCUT2D eigenvalue weighted by atomic mass is 10.2. The largest absolute Gasteiger partial charge is 0.343 e. The highest BCUT2D eigenvalue weighted by Gasteiger charge is 2.05. The van der Waals surface area contributed by atoms with E-state index in [1.807, 2.05) is 17.1 Å². The quantitative estimate of drug-likeness (QED) is 0.436. The van der Waals surface area contributed by atoms with E-state index >= 15 is 0 Å². The number of hydrogen-bond acceptors (Lipinski definition) is 1. The van der Waals surface area contributed by atoms with Crippen LogP contribution in [0.5, 0.6) is 0 Å². The average Bonchev–Trinajstić information content (AvgIpc) is 2.10. The SMILES string of the molecule is C=CCCCN(CCC=C)C(C)=O. The van der Waals surface area contributed by atoms with Gasteiger partial charge in [0.2, 0.25) is 5.91 Å². The number of carbonyl (C=O) groups is 1. The predicted octanol–water partition coefficient (Wildman–Crippen LogP) is 2.38. The van der Waals surface area contributed by atoms with Crippen LogP contribution in [0, 0.1) is 0 Å². The summed E-state index contributed by atoms with van der Waals surface area (Å²) in [6.45, 7) is 10.5. The fourth-order valence-electron chi connectivity index (χ4n) is 1.10. The van der Waals surface area contributed by atoms with Crippen molar-refractivity contribution in [3.8, 4) is 0 Å². The zero-order chi connectivity index (χ0) is 10.1. The van der Waals surface area contributed by atoms with Crippen LogP contribution in [0.15, 0.2) is 25.3 Å². The van der Waals surface area contributed by atoms with Crippen LogP contribution < -0.4 is 0 Å². The summed E-state index contributed by atoms with van der Waals surface area (Å²) in [7, 11) is 0. The molecule has 0 atom stereocenters. The Morgan fingerprint density at radius 2 is 1.85 bits per heavy atom. The molecule has 0 unspecified atom stereocenters. The Morgan fingerprint density at radius 1 is 1.23 bits per heavy atom. The van der Waals surface area contributed by atoms with Gasteiger partial charge in [0.1, 0.15) is 0 Å². The summed E-state index contributed by atoms with van der Waals surface area (Å²) >= 11 is 0. The van der Waals surface area contributed by atoms with Crippen LogP contribution in [-0.2, 0) is 4.79 Å². The highest BCUT2D eigenvalue weighted by Crippen LogP contribution is 1.98. The summed E-state index contributed by atoms with van der Waals surface area (Å²) in [4.78, 5) is 13.0. The Bertz CT molecular complexity index is 175. The molecule has 1 amide bonds. The first-order valence-electron chi connectivity index (χ1n) is 4.69. The van der Waals surface area contributed by atoms with Crippen molar-refractivity contribution in [1.82, 2.24) is 4.90 Å². The molecule has 0 saturated heterocycles. The molecule has 0 rings (SSSR count). The maximum atomic E-state index is 11.1. The van der Waals surface area contributed by atoms with Gasteiger partial charge in [0, 0.05) is 20.0 Å². The van der Waals surface area contributed by atoms with Crippen molar-refractivity contribution < 1.29 is 4.79 Å². The Morgan fingerprint density at radius 3 is 2.31 bits per heavy atom. The molecule has 13 heavy (non-hydrogen) atoms. The van der Waals surface area contributed by atoms with Crippen LogP contribution in [0.25, 0.3) is 0 Å². The van der Waals surface area contributed by atoms with Crippen molar-refractivity contribution in [1.29, 1.82) is 0 Å². The van der Waals surface area contributed by atoms with Gasteiger partial charge in [-0.1, -0.05) is 12.2 Å². The van der Waals surface area contributed by atoms with Gasteiger partial charge in [-0.2, -0.15) is 0 Å². The highest BCUT2D eigenvalue weighted by atomic mass is 16.2. The Balaban J connectivity index is 3.72. The minimum atomic E-state index is 0.144. The molecule has 2 nitrogen and oxygen atoms in total. The molecule has 0 saturated carbocycles. The number of carbonyl (C=O) groups excluding carboxylic acids is 1. The van der Waals surface area contributed by atoms with E-state index in [1.54, 1.807) is 6.92 Å². The molecule has 0 aliphatic heterocycles. The predicted molar refractivity (Wildman–Crippen MR) is 56.5 cm³/mol. The fourth-order valence-corrected chi connectivity index (χ4v) is 1.10. The normalized spacial score (nSPS) is 9.31. The molecule has 0 aromatic carbocycles. The molecule has 0 N–H and O–H groups in total. The summed E-state index contributed by atoms with van der Waals surface area (Å²) in [6.07, 6.45) is 6.56. The molecule has 0 fully saturated rings. The minimum absolute atomic E-state index is 0.144. The van der Waals surface area contributed by atoms with Crippen LogP contribution in [0.3, 0.4) is 0 Å². The van der Waals surface area contributed by atoms with Gasteiger partial charge in [0.25, 0.3) is 0 Å². The van der Waals surface area contributed by atoms with Crippen LogP contribution >= 0.6 is 0 Å². The molecule has 2 heteroatoms. The lowest BCUT2D eigenvalue weighted by molar-refractivity contribution is -0.128. The first-order valence-corrected chi connectivity index (χ1v) is 4.69. The van der Waals surface area contributed by atoms with E-state index in [-0.39, 0.29) is 5.91 Å². The number of hydrogen-bond donors (Lipinski definition) is 0. The second-order valence-electron chi connectivity index (χ2n) is 3.01. The van der Waals surface area contributed by atoms with Gasteiger partial charge < -0.3 is 4.90 Å². The second-order valence-corrected chi connectivity index (χ2v) is 3.01. The fraction of sp³-hybridized carbons (Fsp3) is 0.545. The summed E-state index contributed by atoms with van der Waals surface area (Å²) in [5.41, 5.74) is 0. The molecule has 0 aromatic rings. The monoisotopic (exact) mass is 181 g/mol. The molecule has 0 radical (unpaired) electrons. The number of unbranched alkanes of at least 4 members (excludes halogenated alkanes) is 1. The zero-order valence-electron chi connectivity index (χ0n) is 8.46. The lowest BCUT2D eigenvalue weighted by Gasteiger charge is -2.19. The Labute approximate surface area is 80.9 Å². The molecular weight excluding hydrogens is 162 g/mol. The van der Waals surface area contributed by atoms with Crippen molar-refractivity contribution in [2.45, 2.75) is 26.2 Å². The number of allylic oxidation sites excluding steroid dienone is 1. The Hall–Kier alpha value is -1.05. The van der Waals surface area contributed by atoms with E-state index in [9.17, 15) is 4.79 Å². The third-order valence-electron chi connectivity index (χ3n) is 1.88. The standard InChI is InChI=1S/C11H19NO/c1-4-6-8-10-12(11(3)13)9-7-5-2/h4-5H,1-2,6-10H2,3H3. The van der Waals surface area contributed by atoms with Crippen LogP contribution in [-0.4, -0.2) is 23.9 Å². The number of rotatable bonds is 7. The summed E-state index contributed by atoms with van der Waals surface area (Å²) in [5, 5.41) is 0. The van der Waals surface area contributed by atoms with Crippen molar-refractivity contribution in [3.63, 3.8) is 0 Å². The molecule has 0 spiro atoms. The summed E-state index contributed by atoms with van der Waals surface area (Å²) in [5.74, 6) is 0.144. The van der Waals surface area contributed by atoms with Crippen molar-refractivity contribution in [2.24, 2.45) is 0 Å². The van der Waals surface area contributed by atoms with Crippen LogP contribution in [0.1, 0.15) is 26.2 Å². The Kier molecular flexibility index (Phi) is 6.98. The molecule has 0 aromatic heterocycles. The molecule has 0 heterocycles. The third kappa shape index (κ3) is 6.14. The van der Waals surface area contributed by atoms with Gasteiger partial charge in [0.05, 0.1) is 0 Å². The third-order valence-corrected chi connectivity index (χ3v) is 1.88. The summed E-state index contributed by atoms with van der Waals surface area (Å²) in [6, 6.07) is 0. The number of nitrogens with zero attached hydrogens (tertiary/aromatic N) is 1. The average molecular weight is 181 g/mol. The molecule has 0 bridgehead atoms. The van der Waals surface area contributed by atoms with E-state index in [4.69, 9.17) is 0 Å². The highest BCUT2D eigenvalue weighted by molar-refractivity contribution is 5.73. The van der Waals surface area contributed by atoms with Crippen molar-refractivity contribution in [3.05, 3.63) is 25.3 Å². The van der Waals surface area contributed by atoms with E-state index in [0.29, 0.717) is 0 Å². The van der Waals surface area contributed by atoms with Gasteiger partial charge >= 0.3 is 0 Å². The van der Waals surface area contributed by atoms with Gasteiger partial charge in [0.15, 0.2) is 0 Å². The van der Waals surface area contributed by atoms with Gasteiger partial charge in [-0.15, -0.1) is 13.2 Å². The van der Waals surface area contributed by atoms with E-state index in [2.05, 4.69) is 13.2 Å². The molecule has 0 aliphatic rings. The van der Waals surface area contributed by atoms with E-state index in [0.717, 1.165) is 32.4 Å². The zero-order valence-corrected chi connectivity index (χ0v) is 8.46. The molecule has 74 valence electrons. The van der Waals surface area contributed by atoms with Gasteiger partial charge in [-0.05, 0) is 19.3 Å². The summed E-state index contributed by atoms with van der Waals surface area (Å²) < 4.78 is 0. The lowest BCUT2D eigenvalue weighted by Crippen LogP contribution is -2.30. The van der Waals surface area contributed by atoms with Crippen molar-refractivity contribution in [2.75, 3.05) is 13.1 Å². The van der Waals surface area contributed by atoms with E-state index < -0.39 is 0 Å².